The van der Waals surface area contributed by atoms with E-state index in [1.165, 1.54) is 24.3 Å². The van der Waals surface area contributed by atoms with Crippen molar-refractivity contribution in [2.75, 3.05) is 25.4 Å². The van der Waals surface area contributed by atoms with E-state index in [-0.39, 0.29) is 11.1 Å². The number of aliphatic hydroxyl groups excluding tert-OH is 4. The summed E-state index contributed by atoms with van der Waals surface area (Å²) in [5.74, 6) is -3.90. The van der Waals surface area contributed by atoms with Crippen molar-refractivity contribution in [1.82, 2.24) is 0 Å². The fraction of sp³-hybridized carbons (Fsp3) is 0.222. The van der Waals surface area contributed by atoms with E-state index in [9.17, 15) is 48.6 Å². The number of benzene rings is 2. The van der Waals surface area contributed by atoms with Crippen LogP contribution in [0.1, 0.15) is 31.8 Å². The van der Waals surface area contributed by atoms with Crippen molar-refractivity contribution in [1.29, 1.82) is 0 Å². The maximum atomic E-state index is 12.9. The number of fused-ring (bicyclic) bond motifs is 2. The third-order valence-electron chi connectivity index (χ3n) is 5.12. The number of hydrogen-bond acceptors (Lipinski definition) is 11. The molecule has 0 heterocycles. The number of aliphatic hydroxyl groups is 4. The number of aromatic hydroxyl groups is 2. The Morgan fingerprint density at radius 3 is 1.71 bits per heavy atom. The first-order valence-corrected chi connectivity index (χ1v) is 13.0. The molecule has 0 fully saturated rings. The molecule has 3 rings (SSSR count). The minimum atomic E-state index is -5.19. The quantitative estimate of drug-likeness (QED) is 0.196. The predicted octanol–water partition coefficient (Wildman–Crippen LogP) is -0.154. The van der Waals surface area contributed by atoms with Gasteiger partial charge in [0.05, 0.1) is 0 Å². The second kappa shape index (κ2) is 7.61. The van der Waals surface area contributed by atoms with E-state index in [0.29, 0.717) is 6.07 Å². The van der Waals surface area contributed by atoms with Crippen LogP contribution in [-0.4, -0.2) is 76.0 Å². The Balaban J connectivity index is 2.25. The van der Waals surface area contributed by atoms with Gasteiger partial charge in [-0.1, -0.05) is 0 Å². The van der Waals surface area contributed by atoms with Crippen molar-refractivity contribution in [2.24, 2.45) is 0 Å². The molecule has 0 atom stereocenters. The average molecular weight is 474 g/mol. The van der Waals surface area contributed by atoms with Crippen LogP contribution in [0.4, 0.5) is 0 Å². The van der Waals surface area contributed by atoms with Crippen LogP contribution in [0.2, 0.25) is 0 Å². The molecule has 1 aliphatic rings. The van der Waals surface area contributed by atoms with Gasteiger partial charge in [-0.05, 0) is 0 Å². The summed E-state index contributed by atoms with van der Waals surface area (Å²) in [5, 5.41) is 59.4. The van der Waals surface area contributed by atoms with E-state index in [1.807, 2.05) is 0 Å². The number of rotatable bonds is 7. The van der Waals surface area contributed by atoms with Gasteiger partial charge in [0, 0.05) is 0 Å². The number of phenols is 2. The van der Waals surface area contributed by atoms with E-state index in [1.54, 1.807) is 0 Å². The zero-order valence-electron chi connectivity index (χ0n) is 15.8. The Bertz CT molecular complexity index is 1180. The van der Waals surface area contributed by atoms with Crippen molar-refractivity contribution < 1.29 is 52.6 Å². The molecule has 0 saturated heterocycles. The zero-order chi connectivity index (χ0) is 23.2. The Hall–Kier alpha value is -2.44. The minimum absolute atomic E-state index is 0.0485. The van der Waals surface area contributed by atoms with E-state index < -0.39 is 81.4 Å². The Labute approximate surface area is 175 Å². The molecule has 168 valence electrons. The molecule has 2 aromatic rings. The van der Waals surface area contributed by atoms with Crippen LogP contribution in [0.5, 0.6) is 11.5 Å². The molecular weight excluding hydrogens is 455 g/mol. The van der Waals surface area contributed by atoms with Gasteiger partial charge in [0.25, 0.3) is 0 Å². The molecule has 6 N–H and O–H groups in total. The summed E-state index contributed by atoms with van der Waals surface area (Å²) in [5.41, 5.74) is -1.55. The van der Waals surface area contributed by atoms with Gasteiger partial charge in [0.1, 0.15) is 0 Å². The fourth-order valence-corrected chi connectivity index (χ4v) is 7.53. The summed E-state index contributed by atoms with van der Waals surface area (Å²) in [6.45, 7) is -4.92. The van der Waals surface area contributed by atoms with Crippen molar-refractivity contribution in [3.05, 3.63) is 52.6 Å². The summed E-state index contributed by atoms with van der Waals surface area (Å²) in [7, 11) is -5.19. The zero-order valence-corrected chi connectivity index (χ0v) is 17.5. The van der Waals surface area contributed by atoms with E-state index in [2.05, 4.69) is 0 Å². The van der Waals surface area contributed by atoms with Crippen LogP contribution >= 0.6 is 6.83 Å². The van der Waals surface area contributed by atoms with Crippen LogP contribution in [0.25, 0.3) is 0 Å². The third kappa shape index (κ3) is 3.33. The molecule has 2 aromatic carbocycles. The van der Waals surface area contributed by atoms with Gasteiger partial charge in [-0.25, -0.2) is 0 Å². The molecule has 0 spiro atoms. The predicted molar refractivity (Wildman–Crippen MR) is 107 cm³/mol. The van der Waals surface area contributed by atoms with Crippen molar-refractivity contribution >= 4 is 28.5 Å². The Morgan fingerprint density at radius 1 is 0.806 bits per heavy atom. The monoisotopic (exact) mass is 474 g/mol. The Kier molecular flexibility index (Phi) is 5.70. The summed E-state index contributed by atoms with van der Waals surface area (Å²) in [6.07, 6.45) is -4.90. The Morgan fingerprint density at radius 2 is 1.26 bits per heavy atom. The second-order valence-electron chi connectivity index (χ2n) is 7.15. The molecule has 0 saturated carbocycles. The van der Waals surface area contributed by atoms with Gasteiger partial charge in [0.15, 0.2) is 0 Å². The number of ketones is 2. The number of carbonyl (C=O) groups is 2. The number of phenolic OH excluding ortho intramolecular Hbond substituents is 2. The molecule has 0 amide bonds. The summed E-state index contributed by atoms with van der Waals surface area (Å²) in [4.78, 5) is 24.4. The molecule has 0 unspecified atom stereocenters. The molecule has 31 heavy (non-hydrogen) atoms. The van der Waals surface area contributed by atoms with Crippen LogP contribution in [0.3, 0.4) is 0 Å². The topological polar surface area (TPSA) is 199 Å². The molecule has 13 heteroatoms. The van der Waals surface area contributed by atoms with E-state index in [0.717, 1.165) is 0 Å². The number of carbonyl (C=O) groups excluding carboxylic acids is 2. The normalized spacial score (nSPS) is 15.2. The van der Waals surface area contributed by atoms with Gasteiger partial charge in [-0.15, -0.1) is 0 Å². The molecular formula is C18H19O11PS. The molecule has 0 aromatic heterocycles. The van der Waals surface area contributed by atoms with Gasteiger partial charge in [0.2, 0.25) is 0 Å². The molecule has 1 aliphatic carbocycles. The first kappa shape index (κ1) is 23.2. The summed E-state index contributed by atoms with van der Waals surface area (Å²) >= 11 is 0. The van der Waals surface area contributed by atoms with Crippen molar-refractivity contribution in [2.45, 2.75) is 4.90 Å². The fourth-order valence-electron chi connectivity index (χ4n) is 3.10. The average Bonchev–Trinajstić information content (AvgIpc) is 2.77. The van der Waals surface area contributed by atoms with Crippen LogP contribution < -0.4 is 0 Å². The maximum absolute atomic E-state index is 12.9. The molecule has 0 bridgehead atoms. The third-order valence-corrected chi connectivity index (χ3v) is 11.3. The number of hydrogen-bond donors (Lipinski definition) is 6. The molecule has 11 nitrogen and oxygen atoms in total. The summed E-state index contributed by atoms with van der Waals surface area (Å²) in [6, 6.07) is 6.02. The van der Waals surface area contributed by atoms with Crippen LogP contribution in [-0.2, 0) is 14.1 Å². The van der Waals surface area contributed by atoms with E-state index >= 15 is 0 Å². The first-order valence-electron chi connectivity index (χ1n) is 8.68. The van der Waals surface area contributed by atoms with Gasteiger partial charge >= 0.3 is 176 Å². The van der Waals surface area contributed by atoms with E-state index in [4.69, 9.17) is 3.97 Å². The standard InChI is InChI=1S/C18H19O11PS/c19-6-30(7-20,8-21,9-22)29-31(27,28)13-5-12(23)14-15(18(13)26)17(25)11-4-2-1-3-10(11)16(14)24/h1-5,19-23,26H,6-9H2. The van der Waals surface area contributed by atoms with Crippen molar-refractivity contribution in [3.63, 3.8) is 0 Å². The first-order chi connectivity index (χ1) is 14.5. The molecule has 0 aliphatic heterocycles. The van der Waals surface area contributed by atoms with Crippen LogP contribution in [0, 0.1) is 0 Å². The van der Waals surface area contributed by atoms with Gasteiger partial charge in [-0.2, -0.15) is 0 Å². The van der Waals surface area contributed by atoms with Gasteiger partial charge < -0.3 is 0 Å². The summed E-state index contributed by atoms with van der Waals surface area (Å²) < 4.78 is 30.6. The van der Waals surface area contributed by atoms with Crippen molar-refractivity contribution in [3.8, 4) is 11.5 Å². The van der Waals surface area contributed by atoms with Gasteiger partial charge in [-0.3, -0.25) is 0 Å². The SMILES string of the molecule is O=C1c2ccccc2C(=O)c2c(O)c(S(=O)(=O)OP(CO)(CO)(CO)CO)cc(O)c21. The second-order valence-corrected chi connectivity index (χ2v) is 13.9. The molecule has 0 radical (unpaired) electrons. The van der Waals surface area contributed by atoms with Crippen LogP contribution in [0.15, 0.2) is 35.2 Å².